The lowest BCUT2D eigenvalue weighted by Gasteiger charge is -2.13. The lowest BCUT2D eigenvalue weighted by atomic mass is 10.4. The Hall–Kier alpha value is -0.390. The van der Waals surface area contributed by atoms with Crippen LogP contribution in [0.25, 0.3) is 0 Å². The van der Waals surface area contributed by atoms with Crippen LogP contribution in [0.5, 0.6) is 0 Å². The molecule has 0 unspecified atom stereocenters. The quantitative estimate of drug-likeness (QED) is 0.633. The Balaban J connectivity index is 3.54. The van der Waals surface area contributed by atoms with Crippen molar-refractivity contribution >= 4 is 10.0 Å². The highest BCUT2D eigenvalue weighted by molar-refractivity contribution is 7.88. The molecule has 0 aromatic rings. The van der Waals surface area contributed by atoms with Gasteiger partial charge in [0.15, 0.2) is 0 Å². The molecular weight excluding hydrogens is 200 g/mol. The van der Waals surface area contributed by atoms with E-state index in [0.717, 1.165) is 19.5 Å². The molecule has 0 rings (SSSR count). The Labute approximate surface area is 87.0 Å². The molecule has 1 N–H and O–H groups in total. The molecule has 0 spiro atoms. The van der Waals surface area contributed by atoms with Crippen LogP contribution in [0.3, 0.4) is 0 Å². The minimum Gasteiger partial charge on any atom is -0.301 e. The largest absolute Gasteiger partial charge is 0.301 e. The minimum absolute atomic E-state index is 0.468. The summed E-state index contributed by atoms with van der Waals surface area (Å²) >= 11 is 0. The summed E-state index contributed by atoms with van der Waals surface area (Å²) in [6.45, 7) is 4.14. The van der Waals surface area contributed by atoms with Gasteiger partial charge in [-0.3, -0.25) is 0 Å². The molecule has 4 nitrogen and oxygen atoms in total. The van der Waals surface area contributed by atoms with Gasteiger partial charge in [0.25, 0.3) is 0 Å². The van der Waals surface area contributed by atoms with Crippen LogP contribution >= 0.6 is 0 Å². The van der Waals surface area contributed by atoms with Crippen LogP contribution in [0, 0.1) is 0 Å². The highest BCUT2D eigenvalue weighted by Gasteiger charge is 2.00. The normalized spacial score (nSPS) is 12.9. The Morgan fingerprint density at radius 3 is 2.50 bits per heavy atom. The minimum atomic E-state index is -3.04. The van der Waals surface area contributed by atoms with E-state index in [1.807, 2.05) is 7.05 Å². The molecule has 0 atom stereocenters. The van der Waals surface area contributed by atoms with E-state index < -0.39 is 10.0 Å². The lowest BCUT2D eigenvalue weighted by Crippen LogP contribution is -2.32. The van der Waals surface area contributed by atoms with Crippen LogP contribution in [-0.2, 0) is 10.0 Å². The number of sulfonamides is 1. The van der Waals surface area contributed by atoms with Crippen molar-refractivity contribution in [3.8, 4) is 0 Å². The Bertz CT molecular complexity index is 260. The summed E-state index contributed by atoms with van der Waals surface area (Å²) in [7, 11) is -1.08. The van der Waals surface area contributed by atoms with Gasteiger partial charge in [0.2, 0.25) is 10.0 Å². The van der Waals surface area contributed by atoms with E-state index >= 15 is 0 Å². The van der Waals surface area contributed by atoms with Gasteiger partial charge in [-0.2, -0.15) is 0 Å². The van der Waals surface area contributed by atoms with Gasteiger partial charge in [-0.05, 0) is 13.5 Å². The summed E-state index contributed by atoms with van der Waals surface area (Å²) in [6, 6.07) is 0. The smallest absolute Gasteiger partial charge is 0.208 e. The molecule has 0 amide bonds. The van der Waals surface area contributed by atoms with Crippen LogP contribution in [0.2, 0.25) is 0 Å². The number of nitrogens with zero attached hydrogens (tertiary/aromatic N) is 1. The van der Waals surface area contributed by atoms with Crippen molar-refractivity contribution < 1.29 is 8.42 Å². The number of allylic oxidation sites excluding steroid dienone is 1. The van der Waals surface area contributed by atoms with Gasteiger partial charge in [0, 0.05) is 19.6 Å². The van der Waals surface area contributed by atoms with Gasteiger partial charge in [-0.15, -0.1) is 0 Å². The van der Waals surface area contributed by atoms with Crippen molar-refractivity contribution in [2.24, 2.45) is 0 Å². The van der Waals surface area contributed by atoms with Gasteiger partial charge in [0.1, 0.15) is 0 Å². The number of hydrogen-bond donors (Lipinski definition) is 1. The summed E-state index contributed by atoms with van der Waals surface area (Å²) in [4.78, 5) is 2.06. The molecule has 0 aromatic heterocycles. The van der Waals surface area contributed by atoms with E-state index in [1.165, 1.54) is 6.26 Å². The molecule has 0 aliphatic heterocycles. The van der Waals surface area contributed by atoms with Gasteiger partial charge in [-0.25, -0.2) is 13.1 Å². The van der Waals surface area contributed by atoms with Gasteiger partial charge >= 0.3 is 0 Å². The molecule has 0 radical (unpaired) electrons. The second-order valence-corrected chi connectivity index (χ2v) is 5.14. The first-order valence-corrected chi connectivity index (χ1v) is 6.63. The first-order chi connectivity index (χ1) is 6.45. The van der Waals surface area contributed by atoms with Crippen molar-refractivity contribution in [1.29, 1.82) is 0 Å². The van der Waals surface area contributed by atoms with Gasteiger partial charge in [-0.1, -0.05) is 19.1 Å². The fourth-order valence-corrected chi connectivity index (χ4v) is 1.40. The predicted molar refractivity (Wildman–Crippen MR) is 59.8 cm³/mol. The lowest BCUT2D eigenvalue weighted by molar-refractivity contribution is 0.375. The molecule has 0 bridgehead atoms. The molecule has 0 fully saturated rings. The topological polar surface area (TPSA) is 49.4 Å². The zero-order chi connectivity index (χ0) is 11.0. The zero-order valence-corrected chi connectivity index (χ0v) is 9.97. The van der Waals surface area contributed by atoms with Crippen molar-refractivity contribution in [3.63, 3.8) is 0 Å². The number of hydrogen-bond acceptors (Lipinski definition) is 3. The Kier molecular flexibility index (Phi) is 6.78. The standard InChI is InChI=1S/C9H20N2O2S/c1-4-5-6-8-11(2)9-7-10-14(3,12)13/h5-6,10H,4,7-9H2,1-3H3/b6-5+. The molecule has 14 heavy (non-hydrogen) atoms. The third kappa shape index (κ3) is 9.70. The molecule has 5 heteroatoms. The summed E-state index contributed by atoms with van der Waals surface area (Å²) in [6.07, 6.45) is 6.39. The molecular formula is C9H20N2O2S. The SMILES string of the molecule is CC/C=C/CN(C)CCNS(C)(=O)=O. The van der Waals surface area contributed by atoms with E-state index in [0.29, 0.717) is 6.54 Å². The van der Waals surface area contributed by atoms with Crippen molar-refractivity contribution in [3.05, 3.63) is 12.2 Å². The molecule has 0 aliphatic carbocycles. The second kappa shape index (κ2) is 6.98. The average molecular weight is 220 g/mol. The summed E-state index contributed by atoms with van der Waals surface area (Å²) in [5, 5.41) is 0. The van der Waals surface area contributed by atoms with Crippen LogP contribution in [-0.4, -0.2) is 46.3 Å². The summed E-state index contributed by atoms with van der Waals surface area (Å²) < 4.78 is 23.9. The third-order valence-corrected chi connectivity index (χ3v) is 2.41. The number of likely N-dealkylation sites (N-methyl/N-ethyl adjacent to an activating group) is 1. The first kappa shape index (κ1) is 13.6. The first-order valence-electron chi connectivity index (χ1n) is 4.74. The van der Waals surface area contributed by atoms with E-state index in [9.17, 15) is 8.42 Å². The molecule has 0 aromatic carbocycles. The fraction of sp³-hybridized carbons (Fsp3) is 0.778. The summed E-state index contributed by atoms with van der Waals surface area (Å²) in [5.74, 6) is 0. The van der Waals surface area contributed by atoms with Gasteiger partial charge in [0.05, 0.1) is 6.26 Å². The van der Waals surface area contributed by atoms with Crippen LogP contribution in [0.4, 0.5) is 0 Å². The van der Waals surface area contributed by atoms with Crippen LogP contribution in [0.15, 0.2) is 12.2 Å². The van der Waals surface area contributed by atoms with E-state index in [-0.39, 0.29) is 0 Å². The predicted octanol–water partition coefficient (Wildman–Crippen LogP) is 0.434. The van der Waals surface area contributed by atoms with E-state index in [2.05, 4.69) is 28.7 Å². The Morgan fingerprint density at radius 2 is 2.00 bits per heavy atom. The Morgan fingerprint density at radius 1 is 1.36 bits per heavy atom. The third-order valence-electron chi connectivity index (χ3n) is 1.68. The molecule has 0 saturated carbocycles. The number of nitrogens with one attached hydrogen (secondary N) is 1. The highest BCUT2D eigenvalue weighted by Crippen LogP contribution is 1.85. The number of rotatable bonds is 7. The maximum Gasteiger partial charge on any atom is 0.208 e. The van der Waals surface area contributed by atoms with Crippen LogP contribution < -0.4 is 4.72 Å². The maximum atomic E-state index is 10.7. The van der Waals surface area contributed by atoms with Crippen molar-refractivity contribution in [1.82, 2.24) is 9.62 Å². The van der Waals surface area contributed by atoms with Crippen molar-refractivity contribution in [2.45, 2.75) is 13.3 Å². The van der Waals surface area contributed by atoms with Gasteiger partial charge < -0.3 is 4.90 Å². The van der Waals surface area contributed by atoms with E-state index in [4.69, 9.17) is 0 Å². The second-order valence-electron chi connectivity index (χ2n) is 3.31. The van der Waals surface area contributed by atoms with Crippen molar-refractivity contribution in [2.75, 3.05) is 32.9 Å². The highest BCUT2D eigenvalue weighted by atomic mass is 32.2. The molecule has 0 saturated heterocycles. The monoisotopic (exact) mass is 220 g/mol. The molecule has 0 aliphatic rings. The summed E-state index contributed by atoms with van der Waals surface area (Å²) in [5.41, 5.74) is 0. The fourth-order valence-electron chi connectivity index (χ4n) is 0.934. The van der Waals surface area contributed by atoms with Crippen LogP contribution in [0.1, 0.15) is 13.3 Å². The molecule has 0 heterocycles. The zero-order valence-electron chi connectivity index (χ0n) is 9.16. The maximum absolute atomic E-state index is 10.7. The van der Waals surface area contributed by atoms with E-state index in [1.54, 1.807) is 0 Å². The average Bonchev–Trinajstić information content (AvgIpc) is 2.02. The molecule has 84 valence electrons.